The van der Waals surface area contributed by atoms with Crippen LogP contribution in [0.3, 0.4) is 0 Å². The molecule has 0 saturated carbocycles. The van der Waals surface area contributed by atoms with Crippen molar-refractivity contribution in [1.29, 1.82) is 0 Å². The van der Waals surface area contributed by atoms with Crippen LogP contribution in [0.1, 0.15) is 43.5 Å². The quantitative estimate of drug-likeness (QED) is 0.125. The van der Waals surface area contributed by atoms with Crippen LogP contribution in [-0.2, 0) is 25.7 Å². The fraction of sp³-hybridized carbons (Fsp3) is 0.278. The van der Waals surface area contributed by atoms with Crippen molar-refractivity contribution in [2.24, 2.45) is 4.99 Å². The maximum Gasteiger partial charge on any atom is 0.343 e. The Balaban J connectivity index is 1.66. The molecule has 1 aromatic heterocycles. The molecule has 5 rings (SSSR count). The molecule has 0 radical (unpaired) electrons. The molecule has 1 atom stereocenters. The molecule has 0 N–H and O–H groups in total. The van der Waals surface area contributed by atoms with Crippen LogP contribution in [0.4, 0.5) is 0 Å². The van der Waals surface area contributed by atoms with Crippen molar-refractivity contribution in [3.63, 3.8) is 0 Å². The van der Waals surface area contributed by atoms with E-state index >= 15 is 0 Å². The van der Waals surface area contributed by atoms with Crippen molar-refractivity contribution in [3.8, 4) is 23.0 Å². The van der Waals surface area contributed by atoms with E-state index in [1.165, 1.54) is 23.0 Å². The van der Waals surface area contributed by atoms with Crippen LogP contribution in [-0.4, -0.2) is 50.5 Å². The third kappa shape index (κ3) is 8.00. The minimum absolute atomic E-state index is 0.128. The second kappa shape index (κ2) is 16.6. The number of thiazole rings is 1. The Bertz CT molecular complexity index is 2140. The van der Waals surface area contributed by atoms with Crippen LogP contribution in [0.5, 0.6) is 23.0 Å². The molecule has 3 aromatic carbocycles. The van der Waals surface area contributed by atoms with E-state index in [9.17, 15) is 14.4 Å². The SMILES string of the molecule is CCOC(=O)C1=C(C)N=c2s/c(=C/c3cc(I)cc(OC)c3OCc3ccccc3Cl)c(=O)n2[C@H]1c1ccc(OCC(=O)OC)c(OCC)c1. The summed E-state index contributed by atoms with van der Waals surface area (Å²) >= 11 is 9.75. The molecule has 14 heteroatoms. The van der Waals surface area contributed by atoms with Gasteiger partial charge in [0.25, 0.3) is 5.56 Å². The number of aromatic nitrogens is 1. The highest BCUT2D eigenvalue weighted by Gasteiger charge is 2.34. The van der Waals surface area contributed by atoms with Crippen LogP contribution >= 0.6 is 45.5 Å². The zero-order chi connectivity index (χ0) is 35.9. The van der Waals surface area contributed by atoms with Gasteiger partial charge in [0.15, 0.2) is 34.4 Å². The number of ether oxygens (including phenoxy) is 6. The van der Waals surface area contributed by atoms with E-state index in [-0.39, 0.29) is 31.0 Å². The Morgan fingerprint density at radius 3 is 2.48 bits per heavy atom. The highest BCUT2D eigenvalue weighted by molar-refractivity contribution is 14.1. The van der Waals surface area contributed by atoms with E-state index in [1.807, 2.05) is 30.3 Å². The van der Waals surface area contributed by atoms with Crippen molar-refractivity contribution in [3.05, 3.63) is 111 Å². The molecule has 2 heterocycles. The molecule has 1 aliphatic rings. The number of hydrogen-bond acceptors (Lipinski definition) is 11. The molecule has 4 aromatic rings. The topological polar surface area (TPSA) is 124 Å². The smallest absolute Gasteiger partial charge is 0.343 e. The summed E-state index contributed by atoms with van der Waals surface area (Å²) in [6.45, 7) is 5.48. The maximum atomic E-state index is 14.4. The zero-order valence-electron chi connectivity index (χ0n) is 27.9. The molecule has 0 fully saturated rings. The summed E-state index contributed by atoms with van der Waals surface area (Å²) in [4.78, 5) is 44.7. The monoisotopic (exact) mass is 832 g/mol. The Morgan fingerprint density at radius 2 is 1.78 bits per heavy atom. The summed E-state index contributed by atoms with van der Waals surface area (Å²) in [6.07, 6.45) is 1.73. The Morgan fingerprint density at radius 1 is 1.00 bits per heavy atom. The van der Waals surface area contributed by atoms with Crippen LogP contribution < -0.4 is 33.8 Å². The summed E-state index contributed by atoms with van der Waals surface area (Å²) in [6, 6.07) is 15.2. The summed E-state index contributed by atoms with van der Waals surface area (Å²) in [5.74, 6) is 0.371. The first-order chi connectivity index (χ1) is 24.1. The molecular weight excluding hydrogens is 799 g/mol. The van der Waals surface area contributed by atoms with Crippen molar-refractivity contribution < 1.29 is 38.0 Å². The number of benzene rings is 3. The third-order valence-corrected chi connectivity index (χ3v) is 9.53. The van der Waals surface area contributed by atoms with E-state index < -0.39 is 18.0 Å². The molecule has 0 bridgehead atoms. The molecule has 0 aliphatic carbocycles. The Kier molecular flexibility index (Phi) is 12.2. The first kappa shape index (κ1) is 36.9. The van der Waals surface area contributed by atoms with Gasteiger partial charge in [0, 0.05) is 19.7 Å². The average molecular weight is 833 g/mol. The summed E-state index contributed by atoms with van der Waals surface area (Å²) < 4.78 is 36.3. The molecule has 50 heavy (non-hydrogen) atoms. The van der Waals surface area contributed by atoms with Gasteiger partial charge in [0.2, 0.25) is 0 Å². The lowest BCUT2D eigenvalue weighted by Crippen LogP contribution is -2.40. The third-order valence-electron chi connectivity index (χ3n) is 7.56. The predicted octanol–water partition coefficient (Wildman–Crippen LogP) is 5.59. The van der Waals surface area contributed by atoms with E-state index in [0.29, 0.717) is 60.8 Å². The van der Waals surface area contributed by atoms with Crippen molar-refractivity contribution >= 4 is 63.5 Å². The number of nitrogens with zero attached hydrogens (tertiary/aromatic N) is 2. The number of methoxy groups -OCH3 is 2. The lowest BCUT2D eigenvalue weighted by molar-refractivity contribution is -0.143. The number of hydrogen-bond donors (Lipinski definition) is 0. The Hall–Kier alpha value is -4.34. The summed E-state index contributed by atoms with van der Waals surface area (Å²) in [5, 5.41) is 0.565. The summed E-state index contributed by atoms with van der Waals surface area (Å²) in [5.41, 5.74) is 2.17. The lowest BCUT2D eigenvalue weighted by atomic mass is 9.95. The van der Waals surface area contributed by atoms with Gasteiger partial charge in [0.1, 0.15) is 6.61 Å². The number of esters is 2. The molecule has 262 valence electrons. The molecule has 1 aliphatic heterocycles. The first-order valence-corrected chi connectivity index (χ1v) is 17.8. The minimum Gasteiger partial charge on any atom is -0.493 e. The van der Waals surface area contributed by atoms with Crippen LogP contribution in [0.2, 0.25) is 5.02 Å². The molecule has 11 nitrogen and oxygen atoms in total. The van der Waals surface area contributed by atoms with Gasteiger partial charge in [-0.3, -0.25) is 9.36 Å². The standard InChI is InChI=1S/C36H34ClIN2O9S/c1-6-46-27-15-21(12-13-26(27)48-19-30(41)45-5)32-31(35(43)47-7-2)20(3)39-36-40(32)34(42)29(50-36)16-23-14-24(38)17-28(44-4)33(23)49-18-22-10-8-9-11-25(22)37/h8-17,32H,6-7,18-19H2,1-5H3/b29-16+/t32-/m0/s1. The number of fused-ring (bicyclic) bond motifs is 1. The average Bonchev–Trinajstić information content (AvgIpc) is 3.40. The highest BCUT2D eigenvalue weighted by Crippen LogP contribution is 2.37. The normalized spacial score (nSPS) is 14.1. The van der Waals surface area contributed by atoms with E-state index in [1.54, 1.807) is 58.2 Å². The Labute approximate surface area is 310 Å². The number of carbonyl (C=O) groups excluding carboxylic acids is 2. The van der Waals surface area contributed by atoms with Gasteiger partial charge in [0.05, 0.1) is 49.3 Å². The van der Waals surface area contributed by atoms with Crippen molar-refractivity contribution in [2.75, 3.05) is 34.0 Å². The minimum atomic E-state index is -0.914. The second-order valence-corrected chi connectivity index (χ2v) is 13.4. The van der Waals surface area contributed by atoms with Crippen molar-refractivity contribution in [1.82, 2.24) is 4.57 Å². The van der Waals surface area contributed by atoms with E-state index in [0.717, 1.165) is 9.13 Å². The predicted molar refractivity (Wildman–Crippen MR) is 197 cm³/mol. The molecule has 0 amide bonds. The number of carbonyl (C=O) groups is 2. The van der Waals surface area contributed by atoms with Gasteiger partial charge in [-0.15, -0.1) is 0 Å². The number of allylic oxidation sites excluding steroid dienone is 1. The molecular formula is C36H34ClIN2O9S. The van der Waals surface area contributed by atoms with Gasteiger partial charge in [-0.05, 0) is 85.3 Å². The van der Waals surface area contributed by atoms with Crippen molar-refractivity contribution in [2.45, 2.75) is 33.4 Å². The molecule has 0 saturated heterocycles. The largest absolute Gasteiger partial charge is 0.493 e. The van der Waals surface area contributed by atoms with Gasteiger partial charge in [-0.2, -0.15) is 0 Å². The van der Waals surface area contributed by atoms with Gasteiger partial charge in [-0.1, -0.05) is 47.2 Å². The fourth-order valence-electron chi connectivity index (χ4n) is 5.29. The van der Waals surface area contributed by atoms with E-state index in [4.69, 9.17) is 40.0 Å². The molecule has 0 unspecified atom stereocenters. The van der Waals surface area contributed by atoms with Gasteiger partial charge < -0.3 is 28.4 Å². The van der Waals surface area contributed by atoms with Gasteiger partial charge in [-0.25, -0.2) is 14.6 Å². The first-order valence-electron chi connectivity index (χ1n) is 15.5. The van der Waals surface area contributed by atoms with Crippen LogP contribution in [0.25, 0.3) is 6.08 Å². The van der Waals surface area contributed by atoms with Gasteiger partial charge >= 0.3 is 11.9 Å². The number of halogens is 2. The number of rotatable bonds is 13. The highest BCUT2D eigenvalue weighted by atomic mass is 127. The van der Waals surface area contributed by atoms with E-state index in [2.05, 4.69) is 27.6 Å². The molecule has 0 spiro atoms. The van der Waals surface area contributed by atoms with Crippen LogP contribution in [0, 0.1) is 3.57 Å². The van der Waals surface area contributed by atoms with Crippen LogP contribution in [0.15, 0.2) is 75.7 Å². The zero-order valence-corrected chi connectivity index (χ0v) is 31.6. The maximum absolute atomic E-state index is 14.4. The second-order valence-electron chi connectivity index (χ2n) is 10.7. The fourth-order valence-corrected chi connectivity index (χ4v) is 7.14. The summed E-state index contributed by atoms with van der Waals surface area (Å²) in [7, 11) is 2.82. The lowest BCUT2D eigenvalue weighted by Gasteiger charge is -2.25.